The van der Waals surface area contributed by atoms with Gasteiger partial charge in [-0.15, -0.1) is 16.9 Å². The largest absolute Gasteiger partial charge is 0.464 e. The van der Waals surface area contributed by atoms with Crippen LogP contribution in [0.2, 0.25) is 0 Å². The van der Waals surface area contributed by atoms with E-state index < -0.39 is 27.7 Å². The number of nitro benzene ring substituents is 1. The van der Waals surface area contributed by atoms with Crippen molar-refractivity contribution in [1.29, 1.82) is 0 Å². The van der Waals surface area contributed by atoms with Crippen molar-refractivity contribution in [1.82, 2.24) is 19.9 Å². The minimum Gasteiger partial charge on any atom is -0.464 e. The Morgan fingerprint density at radius 1 is 1.30 bits per heavy atom. The van der Waals surface area contributed by atoms with E-state index in [0.29, 0.717) is 17.7 Å². The molecule has 2 fully saturated rings. The Balaban J connectivity index is 1.51. The maximum absolute atomic E-state index is 13.1. The number of aromatic nitrogens is 3. The number of methoxy groups -OCH3 is 1. The zero-order chi connectivity index (χ0) is 23.9. The number of aryl methyl sites for hydroxylation is 1. The summed E-state index contributed by atoms with van der Waals surface area (Å²) in [5.41, 5.74) is 0.998. The van der Waals surface area contributed by atoms with Crippen LogP contribution in [0.3, 0.4) is 0 Å². The highest BCUT2D eigenvalue weighted by Gasteiger charge is 2.61. The number of non-ortho nitro benzene ring substituents is 1. The zero-order valence-electron chi connectivity index (χ0n) is 18.1. The number of esters is 2. The molecule has 4 rings (SSSR count). The Kier molecular flexibility index (Phi) is 5.82. The molecular weight excluding hydrogens is 454 g/mol. The average molecular weight is 475 g/mol. The minimum atomic E-state index is -0.875. The van der Waals surface area contributed by atoms with Gasteiger partial charge >= 0.3 is 11.9 Å². The van der Waals surface area contributed by atoms with E-state index in [2.05, 4.69) is 10.2 Å². The lowest BCUT2D eigenvalue weighted by Crippen LogP contribution is -2.58. The summed E-state index contributed by atoms with van der Waals surface area (Å²) in [4.78, 5) is 50.4. The third-order valence-electron chi connectivity index (χ3n) is 5.62. The topological polar surface area (TPSA) is 147 Å². The smallest absolute Gasteiger partial charge is 0.360 e. The number of carbonyl (C=O) groups excluding carboxylic acids is 3. The molecule has 2 aromatic rings. The number of fused-ring (bicyclic) bond motifs is 1. The van der Waals surface area contributed by atoms with Gasteiger partial charge < -0.3 is 14.4 Å². The Bertz CT molecular complexity index is 1130. The molecule has 3 heterocycles. The van der Waals surface area contributed by atoms with Gasteiger partial charge in [0.1, 0.15) is 12.6 Å². The molecule has 13 heteroatoms. The fraction of sp³-hybridized carbons (Fsp3) is 0.450. The predicted molar refractivity (Wildman–Crippen MR) is 114 cm³/mol. The summed E-state index contributed by atoms with van der Waals surface area (Å²) in [7, 11) is 1.25. The van der Waals surface area contributed by atoms with E-state index in [1.165, 1.54) is 52.8 Å². The van der Waals surface area contributed by atoms with Crippen molar-refractivity contribution >= 4 is 35.3 Å². The number of benzene rings is 1. The van der Waals surface area contributed by atoms with Gasteiger partial charge in [-0.3, -0.25) is 14.9 Å². The standard InChI is InChI=1S/C20H21N5O7S/c1-11-16(18(27)31-3)22-23(21-11)10-20(2)17(24-14(26)8-15(24)33-20)19(28)32-9-12-4-6-13(7-5-12)25(29)30/h4-7,15,17H,8-10H2,1-3H3/t15-,17+,20+/m1/s1. The van der Waals surface area contributed by atoms with Gasteiger partial charge in [-0.1, -0.05) is 0 Å². The van der Waals surface area contributed by atoms with Crippen molar-refractivity contribution < 1.29 is 28.8 Å². The third-order valence-corrected chi connectivity index (χ3v) is 7.18. The van der Waals surface area contributed by atoms with Crippen molar-refractivity contribution in [3.8, 4) is 0 Å². The first-order chi connectivity index (χ1) is 15.6. The predicted octanol–water partition coefficient (Wildman–Crippen LogP) is 1.46. The maximum atomic E-state index is 13.1. The van der Waals surface area contributed by atoms with Crippen LogP contribution < -0.4 is 0 Å². The molecule has 1 aromatic carbocycles. The molecule has 0 N–H and O–H groups in total. The summed E-state index contributed by atoms with van der Waals surface area (Å²) in [5.74, 6) is -1.34. The molecule has 0 spiro atoms. The summed E-state index contributed by atoms with van der Waals surface area (Å²) in [6.45, 7) is 3.53. The van der Waals surface area contributed by atoms with E-state index in [1.54, 1.807) is 6.92 Å². The number of hydrogen-bond donors (Lipinski definition) is 0. The van der Waals surface area contributed by atoms with Crippen molar-refractivity contribution in [3.05, 3.63) is 51.3 Å². The average Bonchev–Trinajstić information content (AvgIpc) is 3.25. The Labute approximate surface area is 192 Å². The third kappa shape index (κ3) is 4.15. The molecule has 0 saturated carbocycles. The number of hydrogen-bond acceptors (Lipinski definition) is 10. The van der Waals surface area contributed by atoms with Crippen LogP contribution >= 0.6 is 11.8 Å². The zero-order valence-corrected chi connectivity index (χ0v) is 18.9. The van der Waals surface area contributed by atoms with Gasteiger partial charge in [-0.2, -0.15) is 9.90 Å². The Hall–Kier alpha value is -3.48. The molecule has 0 unspecified atom stereocenters. The van der Waals surface area contributed by atoms with Crippen LogP contribution in [-0.2, 0) is 32.2 Å². The van der Waals surface area contributed by atoms with E-state index in [0.717, 1.165) is 0 Å². The highest BCUT2D eigenvalue weighted by Crippen LogP contribution is 2.51. The molecule has 0 bridgehead atoms. The van der Waals surface area contributed by atoms with Gasteiger partial charge in [0.05, 0.1) is 40.8 Å². The van der Waals surface area contributed by atoms with E-state index in [-0.39, 0.29) is 35.8 Å². The van der Waals surface area contributed by atoms with E-state index in [9.17, 15) is 24.5 Å². The second-order valence-corrected chi connectivity index (χ2v) is 9.69. The first-order valence-corrected chi connectivity index (χ1v) is 10.9. The van der Waals surface area contributed by atoms with Crippen molar-refractivity contribution in [2.75, 3.05) is 7.11 Å². The van der Waals surface area contributed by atoms with E-state index >= 15 is 0 Å². The normalized spacial score (nSPS) is 23.6. The second-order valence-electron chi connectivity index (χ2n) is 7.98. The van der Waals surface area contributed by atoms with E-state index in [4.69, 9.17) is 9.47 Å². The van der Waals surface area contributed by atoms with Crippen molar-refractivity contribution in [3.63, 3.8) is 0 Å². The number of thioether (sulfide) groups is 1. The van der Waals surface area contributed by atoms with Gasteiger partial charge in [-0.05, 0) is 31.5 Å². The maximum Gasteiger partial charge on any atom is 0.360 e. The number of amides is 1. The van der Waals surface area contributed by atoms with Gasteiger partial charge in [0, 0.05) is 12.1 Å². The van der Waals surface area contributed by atoms with Crippen molar-refractivity contribution in [2.45, 2.75) is 49.6 Å². The van der Waals surface area contributed by atoms with Crippen LogP contribution in [0, 0.1) is 17.0 Å². The highest BCUT2D eigenvalue weighted by molar-refractivity contribution is 8.01. The summed E-state index contributed by atoms with van der Waals surface area (Å²) >= 11 is 1.47. The number of ether oxygens (including phenoxy) is 2. The van der Waals surface area contributed by atoms with Crippen LogP contribution in [0.25, 0.3) is 0 Å². The summed E-state index contributed by atoms with van der Waals surface area (Å²) in [6.07, 6.45) is 0.325. The molecule has 2 aliphatic rings. The molecule has 1 amide bonds. The van der Waals surface area contributed by atoms with Crippen LogP contribution in [0.5, 0.6) is 0 Å². The molecule has 33 heavy (non-hydrogen) atoms. The minimum absolute atomic E-state index is 0.0628. The summed E-state index contributed by atoms with van der Waals surface area (Å²) < 4.78 is 9.40. The highest BCUT2D eigenvalue weighted by atomic mass is 32.2. The van der Waals surface area contributed by atoms with Gasteiger partial charge in [-0.25, -0.2) is 9.59 Å². The molecule has 2 saturated heterocycles. The first kappa shape index (κ1) is 22.7. The second kappa shape index (κ2) is 8.46. The lowest BCUT2D eigenvalue weighted by Gasteiger charge is -2.37. The molecule has 174 valence electrons. The molecule has 0 radical (unpaired) electrons. The van der Waals surface area contributed by atoms with Gasteiger partial charge in [0.25, 0.3) is 5.69 Å². The van der Waals surface area contributed by atoms with Crippen LogP contribution in [-0.4, -0.2) is 65.9 Å². The molecule has 0 aliphatic carbocycles. The first-order valence-electron chi connectivity index (χ1n) is 10.0. The SMILES string of the molecule is COC(=O)c1nn(C[C@]2(C)S[C@@H]3CC(=O)N3[C@H]2C(=O)OCc2ccc([N+](=O)[O-])cc2)nc1C. The van der Waals surface area contributed by atoms with Gasteiger partial charge in [0.15, 0.2) is 5.69 Å². The molecule has 3 atom stereocenters. The molecule has 2 aliphatic heterocycles. The number of β-lactam (4-membered cyclic amide) rings is 1. The molecule has 1 aromatic heterocycles. The fourth-order valence-corrected chi connectivity index (χ4v) is 5.71. The van der Waals surface area contributed by atoms with E-state index in [1.807, 2.05) is 6.92 Å². The van der Waals surface area contributed by atoms with Crippen LogP contribution in [0.15, 0.2) is 24.3 Å². The Morgan fingerprint density at radius 2 is 2.00 bits per heavy atom. The number of nitrogens with zero attached hydrogens (tertiary/aromatic N) is 5. The molecule has 12 nitrogen and oxygen atoms in total. The number of carbonyl (C=O) groups is 3. The Morgan fingerprint density at radius 3 is 2.61 bits per heavy atom. The fourth-order valence-electron chi connectivity index (χ4n) is 3.98. The number of nitro groups is 1. The van der Waals surface area contributed by atoms with Crippen molar-refractivity contribution in [2.24, 2.45) is 0 Å². The monoisotopic (exact) mass is 475 g/mol. The summed E-state index contributed by atoms with van der Waals surface area (Å²) in [5, 5.41) is 19.1. The lowest BCUT2D eigenvalue weighted by atomic mass is 9.96. The number of rotatable bonds is 7. The van der Waals surface area contributed by atoms with Crippen LogP contribution in [0.4, 0.5) is 5.69 Å². The quantitative estimate of drug-likeness (QED) is 0.249. The van der Waals surface area contributed by atoms with Gasteiger partial charge in [0.2, 0.25) is 5.91 Å². The molecular formula is C20H21N5O7S. The lowest BCUT2D eigenvalue weighted by molar-refractivity contribution is -0.384. The summed E-state index contributed by atoms with van der Waals surface area (Å²) in [6, 6.07) is 4.81. The van der Waals surface area contributed by atoms with Crippen LogP contribution in [0.1, 0.15) is 35.1 Å².